The van der Waals surface area contributed by atoms with Crippen molar-refractivity contribution in [3.63, 3.8) is 0 Å². The second kappa shape index (κ2) is 7.31. The number of carbonyl (C=O) groups is 1. The number of aromatic hydroxyl groups is 1. The minimum absolute atomic E-state index is 0.0423. The van der Waals surface area contributed by atoms with Crippen molar-refractivity contribution in [3.05, 3.63) is 34.4 Å². The Kier molecular flexibility index (Phi) is 6.07. The first-order valence-electron chi connectivity index (χ1n) is 8.58. The van der Waals surface area contributed by atoms with Gasteiger partial charge < -0.3 is 10.4 Å². The normalized spacial score (nSPS) is 12.9. The first-order valence-corrected chi connectivity index (χ1v) is 8.58. The number of hydrogen-bond donors (Lipinski definition) is 2. The maximum atomic E-state index is 12.2. The predicted molar refractivity (Wildman–Crippen MR) is 102 cm³/mol. The number of nitrogens with zero attached hydrogens (tertiary/aromatic N) is 1. The van der Waals surface area contributed by atoms with Crippen LogP contribution in [0, 0.1) is 11.3 Å². The summed E-state index contributed by atoms with van der Waals surface area (Å²) in [5.74, 6) is -0.109. The van der Waals surface area contributed by atoms with Crippen molar-refractivity contribution in [2.45, 2.75) is 72.3 Å². The zero-order valence-corrected chi connectivity index (χ0v) is 16.6. The first kappa shape index (κ1) is 20.8. The summed E-state index contributed by atoms with van der Waals surface area (Å²) < 4.78 is 0. The van der Waals surface area contributed by atoms with Crippen molar-refractivity contribution in [3.8, 4) is 11.8 Å². The molecule has 0 saturated heterocycles. The van der Waals surface area contributed by atoms with Crippen LogP contribution in [0.1, 0.15) is 72.1 Å². The van der Waals surface area contributed by atoms with E-state index >= 15 is 0 Å². The zero-order valence-electron chi connectivity index (χ0n) is 16.6. The molecule has 4 heteroatoms. The average Bonchev–Trinajstić information content (AvgIpc) is 2.42. The summed E-state index contributed by atoms with van der Waals surface area (Å²) in [6.45, 7) is 15.9. The molecular formula is C21H30N2O2. The smallest absolute Gasteiger partial charge is 0.262 e. The van der Waals surface area contributed by atoms with E-state index in [-0.39, 0.29) is 34.1 Å². The van der Waals surface area contributed by atoms with Gasteiger partial charge in [0, 0.05) is 17.2 Å². The van der Waals surface area contributed by atoms with Gasteiger partial charge in [0.05, 0.1) is 0 Å². The highest BCUT2D eigenvalue weighted by atomic mass is 16.3. The Morgan fingerprint density at radius 2 is 1.56 bits per heavy atom. The Morgan fingerprint density at radius 3 is 1.88 bits per heavy atom. The lowest BCUT2D eigenvalue weighted by atomic mass is 9.78. The summed E-state index contributed by atoms with van der Waals surface area (Å²) in [5.41, 5.74) is 1.87. The van der Waals surface area contributed by atoms with E-state index in [0.29, 0.717) is 0 Å². The number of hydrogen-bond acceptors (Lipinski definition) is 3. The second-order valence-electron chi connectivity index (χ2n) is 8.76. The molecule has 1 amide bonds. The maximum Gasteiger partial charge on any atom is 0.262 e. The molecule has 0 atom stereocenters. The van der Waals surface area contributed by atoms with Crippen LogP contribution >= 0.6 is 0 Å². The number of phenols is 1. The van der Waals surface area contributed by atoms with Crippen LogP contribution < -0.4 is 5.32 Å². The predicted octanol–water partition coefficient (Wildman–Crippen LogP) is 4.42. The van der Waals surface area contributed by atoms with E-state index in [4.69, 9.17) is 0 Å². The molecule has 25 heavy (non-hydrogen) atoms. The molecule has 0 aliphatic rings. The van der Waals surface area contributed by atoms with E-state index in [1.165, 1.54) is 0 Å². The van der Waals surface area contributed by atoms with E-state index in [1.54, 1.807) is 6.08 Å². The lowest BCUT2D eigenvalue weighted by molar-refractivity contribution is -0.117. The third kappa shape index (κ3) is 5.35. The molecule has 0 bridgehead atoms. The van der Waals surface area contributed by atoms with Crippen LogP contribution in [0.3, 0.4) is 0 Å². The third-order valence-corrected chi connectivity index (χ3v) is 3.84. The van der Waals surface area contributed by atoms with E-state index in [9.17, 15) is 15.2 Å². The van der Waals surface area contributed by atoms with Crippen LogP contribution in [0.25, 0.3) is 6.08 Å². The molecular weight excluding hydrogens is 312 g/mol. The van der Waals surface area contributed by atoms with Gasteiger partial charge in [0.25, 0.3) is 5.91 Å². The van der Waals surface area contributed by atoms with Crippen molar-refractivity contribution >= 4 is 12.0 Å². The van der Waals surface area contributed by atoms with Gasteiger partial charge in [-0.25, -0.2) is 0 Å². The number of carbonyl (C=O) groups excluding carboxylic acids is 1. The highest BCUT2D eigenvalue weighted by molar-refractivity contribution is 6.01. The summed E-state index contributed by atoms with van der Waals surface area (Å²) >= 11 is 0. The van der Waals surface area contributed by atoms with Crippen LogP contribution in [0.15, 0.2) is 17.7 Å². The Balaban J connectivity index is 3.58. The van der Waals surface area contributed by atoms with Gasteiger partial charge in [-0.15, -0.1) is 0 Å². The van der Waals surface area contributed by atoms with Crippen molar-refractivity contribution in [2.75, 3.05) is 0 Å². The summed E-state index contributed by atoms with van der Waals surface area (Å²) in [4.78, 5) is 12.2. The van der Waals surface area contributed by atoms with Gasteiger partial charge in [0.1, 0.15) is 17.4 Å². The molecule has 0 heterocycles. The standard InChI is InChI=1S/C21H30N2O2/c1-13(2)23-19(25)15(12-22)9-14-10-16(20(3,4)5)18(24)17(11-14)21(6,7)8/h9-11,13,24H,1-8H3,(H,23,25)/b15-9+. The molecule has 0 unspecified atom stereocenters. The molecule has 136 valence electrons. The molecule has 0 aliphatic carbocycles. The quantitative estimate of drug-likeness (QED) is 0.631. The molecule has 1 aromatic carbocycles. The summed E-state index contributed by atoms with van der Waals surface area (Å²) in [5, 5.41) is 22.8. The Bertz CT molecular complexity index is 689. The Labute approximate surface area is 151 Å². The maximum absolute atomic E-state index is 12.2. The number of phenolic OH excluding ortho intramolecular Hbond substituents is 1. The molecule has 0 aliphatic heterocycles. The molecule has 1 aromatic rings. The van der Waals surface area contributed by atoms with Crippen molar-refractivity contribution in [1.82, 2.24) is 5.32 Å². The highest BCUT2D eigenvalue weighted by Gasteiger charge is 2.26. The van der Waals surface area contributed by atoms with Gasteiger partial charge in [-0.2, -0.15) is 5.26 Å². The average molecular weight is 342 g/mol. The van der Waals surface area contributed by atoms with Gasteiger partial charge >= 0.3 is 0 Å². The van der Waals surface area contributed by atoms with Gasteiger partial charge in [0.15, 0.2) is 0 Å². The van der Waals surface area contributed by atoms with E-state index in [2.05, 4.69) is 5.32 Å². The molecule has 1 rings (SSSR count). The van der Waals surface area contributed by atoms with E-state index in [0.717, 1.165) is 16.7 Å². The molecule has 4 nitrogen and oxygen atoms in total. The van der Waals surface area contributed by atoms with Gasteiger partial charge in [-0.1, -0.05) is 41.5 Å². The topological polar surface area (TPSA) is 73.1 Å². The van der Waals surface area contributed by atoms with Crippen LogP contribution in [0.2, 0.25) is 0 Å². The SMILES string of the molecule is CC(C)NC(=O)/C(C#N)=C/c1cc(C(C)(C)C)c(O)c(C(C)(C)C)c1. The van der Waals surface area contributed by atoms with Crippen molar-refractivity contribution in [1.29, 1.82) is 5.26 Å². The van der Waals surface area contributed by atoms with Crippen molar-refractivity contribution in [2.24, 2.45) is 0 Å². The molecule has 0 saturated carbocycles. The lowest BCUT2D eigenvalue weighted by Gasteiger charge is -2.28. The minimum atomic E-state index is -0.389. The number of rotatable bonds is 3. The van der Waals surface area contributed by atoms with E-state index < -0.39 is 0 Å². The molecule has 0 radical (unpaired) electrons. The van der Waals surface area contributed by atoms with Gasteiger partial charge in [0.2, 0.25) is 0 Å². The minimum Gasteiger partial charge on any atom is -0.507 e. The number of nitrogens with one attached hydrogen (secondary N) is 1. The fraction of sp³-hybridized carbons (Fsp3) is 0.524. The second-order valence-corrected chi connectivity index (χ2v) is 8.76. The number of nitriles is 1. The van der Waals surface area contributed by atoms with Gasteiger partial charge in [-0.05, 0) is 48.4 Å². The summed E-state index contributed by atoms with van der Waals surface area (Å²) in [6.07, 6.45) is 1.58. The first-order chi connectivity index (χ1) is 11.3. The fourth-order valence-corrected chi connectivity index (χ4v) is 2.54. The van der Waals surface area contributed by atoms with Crippen LogP contribution in [-0.4, -0.2) is 17.1 Å². The molecule has 0 spiro atoms. The van der Waals surface area contributed by atoms with Crippen LogP contribution in [-0.2, 0) is 15.6 Å². The fourth-order valence-electron chi connectivity index (χ4n) is 2.54. The Morgan fingerprint density at radius 1 is 1.12 bits per heavy atom. The van der Waals surface area contributed by atoms with E-state index in [1.807, 2.05) is 73.6 Å². The molecule has 0 aromatic heterocycles. The molecule has 0 fully saturated rings. The summed E-state index contributed by atoms with van der Waals surface area (Å²) in [6, 6.07) is 5.63. The zero-order chi connectivity index (χ0) is 19.6. The third-order valence-electron chi connectivity index (χ3n) is 3.84. The number of benzene rings is 1. The largest absolute Gasteiger partial charge is 0.507 e. The monoisotopic (exact) mass is 342 g/mol. The lowest BCUT2D eigenvalue weighted by Crippen LogP contribution is -2.30. The Hall–Kier alpha value is -2.28. The van der Waals surface area contributed by atoms with Crippen LogP contribution in [0.5, 0.6) is 5.75 Å². The summed E-state index contributed by atoms with van der Waals surface area (Å²) in [7, 11) is 0. The van der Waals surface area contributed by atoms with Gasteiger partial charge in [-0.3, -0.25) is 4.79 Å². The number of amides is 1. The highest BCUT2D eigenvalue weighted by Crippen LogP contribution is 2.40. The van der Waals surface area contributed by atoms with Crippen LogP contribution in [0.4, 0.5) is 0 Å². The van der Waals surface area contributed by atoms with Crippen molar-refractivity contribution < 1.29 is 9.90 Å². The molecule has 2 N–H and O–H groups in total.